The molecule has 0 atom stereocenters. The summed E-state index contributed by atoms with van der Waals surface area (Å²) < 4.78 is 5.78. The van der Waals surface area contributed by atoms with Crippen LogP contribution < -0.4 is 15.4 Å². The van der Waals surface area contributed by atoms with Gasteiger partial charge in [-0.15, -0.1) is 0 Å². The Balaban J connectivity index is 1.93. The molecule has 2 amide bonds. The van der Waals surface area contributed by atoms with Crippen LogP contribution in [0.1, 0.15) is 37.5 Å². The number of carbonyl (C=O) groups excluding carboxylic acids is 1. The van der Waals surface area contributed by atoms with E-state index >= 15 is 0 Å². The van der Waals surface area contributed by atoms with Crippen LogP contribution in [0.25, 0.3) is 0 Å². The Hall–Kier alpha value is -2.49. The van der Waals surface area contributed by atoms with Crippen molar-refractivity contribution < 1.29 is 9.53 Å². The van der Waals surface area contributed by atoms with E-state index in [9.17, 15) is 4.79 Å². The van der Waals surface area contributed by atoms with Gasteiger partial charge in [-0.3, -0.25) is 0 Å². The molecule has 2 rings (SSSR count). The number of nitrogens with one attached hydrogen (secondary N) is 2. The fourth-order valence-electron chi connectivity index (χ4n) is 2.43. The van der Waals surface area contributed by atoms with Crippen molar-refractivity contribution in [2.45, 2.75) is 40.0 Å². The van der Waals surface area contributed by atoms with Gasteiger partial charge in [0.1, 0.15) is 5.75 Å². The van der Waals surface area contributed by atoms with Gasteiger partial charge in [0.25, 0.3) is 0 Å². The quantitative estimate of drug-likeness (QED) is 0.796. The van der Waals surface area contributed by atoms with Gasteiger partial charge >= 0.3 is 6.03 Å². The average Bonchev–Trinajstić information content (AvgIpc) is 2.47. The topological polar surface area (TPSA) is 50.4 Å². The maximum atomic E-state index is 11.9. The number of hydrogen-bond donors (Lipinski definition) is 2. The largest absolute Gasteiger partial charge is 0.473 e. The first-order chi connectivity index (χ1) is 11.3. The van der Waals surface area contributed by atoms with E-state index in [-0.39, 0.29) is 18.2 Å². The summed E-state index contributed by atoms with van der Waals surface area (Å²) in [4.78, 5) is 11.9. The molecule has 0 aliphatic heterocycles. The number of hydrogen-bond acceptors (Lipinski definition) is 2. The zero-order chi connectivity index (χ0) is 17.7. The summed E-state index contributed by atoms with van der Waals surface area (Å²) >= 11 is 0. The number of anilines is 1. The molecule has 2 N–H and O–H groups in total. The van der Waals surface area contributed by atoms with Crippen LogP contribution in [0.5, 0.6) is 5.75 Å². The average molecular weight is 326 g/mol. The minimum Gasteiger partial charge on any atom is -0.473 e. The molecule has 0 bridgehead atoms. The van der Waals surface area contributed by atoms with Crippen LogP contribution in [0.2, 0.25) is 0 Å². The second-order valence-electron chi connectivity index (χ2n) is 7.04. The van der Waals surface area contributed by atoms with Crippen LogP contribution in [-0.2, 0) is 5.41 Å². The zero-order valence-corrected chi connectivity index (χ0v) is 15.1. The molecule has 4 heteroatoms. The molecular formula is C20H26N2O2. The van der Waals surface area contributed by atoms with Gasteiger partial charge in [-0.2, -0.15) is 0 Å². The van der Waals surface area contributed by atoms with E-state index in [2.05, 4.69) is 44.4 Å². The third-order valence-electron chi connectivity index (χ3n) is 3.68. The lowest BCUT2D eigenvalue weighted by Crippen LogP contribution is -2.32. The summed E-state index contributed by atoms with van der Waals surface area (Å²) in [6.45, 7) is 10.6. The summed E-state index contributed by atoms with van der Waals surface area (Å²) in [5.41, 5.74) is 4.16. The standard InChI is InChI=1S/C20H26N2O2/c1-14-7-6-8-16(11-14)22-19(23)21-13-24-18-10-9-15(2)12-17(18)20(3,4)5/h6-12H,13H2,1-5H3,(H2,21,22,23). The Kier molecular flexibility index (Phi) is 5.50. The highest BCUT2D eigenvalue weighted by Crippen LogP contribution is 2.31. The van der Waals surface area contributed by atoms with E-state index in [1.54, 1.807) is 0 Å². The minimum atomic E-state index is -0.287. The van der Waals surface area contributed by atoms with E-state index in [1.165, 1.54) is 5.56 Å². The lowest BCUT2D eigenvalue weighted by atomic mass is 9.85. The molecule has 128 valence electrons. The molecule has 0 unspecified atom stereocenters. The Morgan fingerprint density at radius 2 is 1.75 bits per heavy atom. The molecule has 2 aromatic carbocycles. The van der Waals surface area contributed by atoms with Crippen LogP contribution >= 0.6 is 0 Å². The van der Waals surface area contributed by atoms with Crippen LogP contribution in [-0.4, -0.2) is 12.8 Å². The Morgan fingerprint density at radius 3 is 2.42 bits per heavy atom. The van der Waals surface area contributed by atoms with Crippen LogP contribution in [0, 0.1) is 13.8 Å². The highest BCUT2D eigenvalue weighted by Gasteiger charge is 2.19. The Bertz CT molecular complexity index is 718. The molecule has 2 aromatic rings. The summed E-state index contributed by atoms with van der Waals surface area (Å²) in [7, 11) is 0. The Labute approximate surface area is 144 Å². The first-order valence-electron chi connectivity index (χ1n) is 8.11. The molecule has 0 saturated carbocycles. The third-order valence-corrected chi connectivity index (χ3v) is 3.68. The number of benzene rings is 2. The van der Waals surface area contributed by atoms with Gasteiger partial charge in [-0.1, -0.05) is 50.6 Å². The number of aryl methyl sites for hydroxylation is 2. The van der Waals surface area contributed by atoms with Gasteiger partial charge in [0.2, 0.25) is 0 Å². The predicted molar refractivity (Wildman–Crippen MR) is 98.7 cm³/mol. The second-order valence-corrected chi connectivity index (χ2v) is 7.04. The van der Waals surface area contributed by atoms with E-state index in [0.29, 0.717) is 0 Å². The molecule has 0 saturated heterocycles. The summed E-state index contributed by atoms with van der Waals surface area (Å²) in [5.74, 6) is 0.795. The molecule has 0 aliphatic carbocycles. The zero-order valence-electron chi connectivity index (χ0n) is 15.1. The molecule has 4 nitrogen and oxygen atoms in total. The number of ether oxygens (including phenoxy) is 1. The predicted octanol–water partition coefficient (Wildman–Crippen LogP) is 4.76. The van der Waals surface area contributed by atoms with Crippen LogP contribution in [0.15, 0.2) is 42.5 Å². The van der Waals surface area contributed by atoms with Crippen molar-refractivity contribution in [1.82, 2.24) is 5.32 Å². The van der Waals surface area contributed by atoms with Crippen molar-refractivity contribution in [1.29, 1.82) is 0 Å². The lowest BCUT2D eigenvalue weighted by Gasteiger charge is -2.23. The van der Waals surface area contributed by atoms with Gasteiger partial charge in [0, 0.05) is 5.69 Å². The summed E-state index contributed by atoms with van der Waals surface area (Å²) in [6, 6.07) is 13.5. The molecule has 0 aromatic heterocycles. The first-order valence-corrected chi connectivity index (χ1v) is 8.11. The number of urea groups is 1. The molecule has 0 aliphatic rings. The lowest BCUT2D eigenvalue weighted by molar-refractivity contribution is 0.233. The maximum Gasteiger partial charge on any atom is 0.321 e. The van der Waals surface area contributed by atoms with Crippen molar-refractivity contribution in [2.75, 3.05) is 12.0 Å². The van der Waals surface area contributed by atoms with E-state index in [1.807, 2.05) is 43.3 Å². The van der Waals surface area contributed by atoms with Gasteiger partial charge in [-0.25, -0.2) is 4.79 Å². The minimum absolute atomic E-state index is 0.0226. The fourth-order valence-corrected chi connectivity index (χ4v) is 2.43. The van der Waals surface area contributed by atoms with Gasteiger partial charge in [0.15, 0.2) is 6.73 Å². The molecule has 24 heavy (non-hydrogen) atoms. The van der Waals surface area contributed by atoms with Crippen molar-refractivity contribution in [2.24, 2.45) is 0 Å². The second kappa shape index (κ2) is 7.39. The van der Waals surface area contributed by atoms with Crippen molar-refractivity contribution in [3.8, 4) is 5.75 Å². The molecule has 0 fully saturated rings. The number of amides is 2. The number of carbonyl (C=O) groups is 1. The molecule has 0 heterocycles. The van der Waals surface area contributed by atoms with Crippen LogP contribution in [0.3, 0.4) is 0 Å². The summed E-state index contributed by atoms with van der Waals surface area (Å²) in [6.07, 6.45) is 0. The molecule has 0 radical (unpaired) electrons. The first kappa shape index (κ1) is 17.9. The molecular weight excluding hydrogens is 300 g/mol. The van der Waals surface area contributed by atoms with Crippen molar-refractivity contribution >= 4 is 11.7 Å². The van der Waals surface area contributed by atoms with E-state index in [0.717, 1.165) is 22.6 Å². The third kappa shape index (κ3) is 5.01. The smallest absolute Gasteiger partial charge is 0.321 e. The van der Waals surface area contributed by atoms with Gasteiger partial charge in [-0.05, 0) is 48.6 Å². The number of rotatable bonds is 4. The normalized spacial score (nSPS) is 11.0. The van der Waals surface area contributed by atoms with Gasteiger partial charge in [0.05, 0.1) is 0 Å². The monoisotopic (exact) mass is 326 g/mol. The highest BCUT2D eigenvalue weighted by atomic mass is 16.5. The van der Waals surface area contributed by atoms with E-state index < -0.39 is 0 Å². The van der Waals surface area contributed by atoms with Crippen molar-refractivity contribution in [3.63, 3.8) is 0 Å². The molecule has 0 spiro atoms. The fraction of sp³-hybridized carbons (Fsp3) is 0.350. The van der Waals surface area contributed by atoms with Crippen LogP contribution in [0.4, 0.5) is 10.5 Å². The summed E-state index contributed by atoms with van der Waals surface area (Å²) in [5, 5.41) is 5.51. The maximum absolute atomic E-state index is 11.9. The SMILES string of the molecule is Cc1cccc(NC(=O)NCOc2ccc(C)cc2C(C)(C)C)c1. The van der Waals surface area contributed by atoms with Crippen molar-refractivity contribution in [3.05, 3.63) is 59.2 Å². The van der Waals surface area contributed by atoms with Gasteiger partial charge < -0.3 is 15.4 Å². The van der Waals surface area contributed by atoms with E-state index in [4.69, 9.17) is 4.74 Å². The Morgan fingerprint density at radius 1 is 1.04 bits per heavy atom. The highest BCUT2D eigenvalue weighted by molar-refractivity contribution is 5.89.